The van der Waals surface area contributed by atoms with Crippen LogP contribution in [0, 0.1) is 24.2 Å². The van der Waals surface area contributed by atoms with Crippen LogP contribution in [0.15, 0.2) is 36.7 Å². The highest BCUT2D eigenvalue weighted by atomic mass is 35.5. The molecule has 146 valence electrons. The molecule has 0 aliphatic carbocycles. The number of aromatic nitrogens is 2. The number of nitrogens with zero attached hydrogens (tertiary/aromatic N) is 4. The Balaban J connectivity index is 1.66. The van der Waals surface area contributed by atoms with Crippen LogP contribution < -0.4 is 10.1 Å². The largest absolute Gasteiger partial charge is 0.453 e. The molecule has 3 heterocycles. The molecule has 1 saturated heterocycles. The lowest BCUT2D eigenvalue weighted by molar-refractivity contribution is -0.105. The number of halogens is 1. The zero-order valence-corrected chi connectivity index (χ0v) is 16.2. The molecular formula is C20H16ClN5O3. The summed E-state index contributed by atoms with van der Waals surface area (Å²) in [6, 6.07) is 8.76. The molecule has 0 saturated carbocycles. The Kier molecular flexibility index (Phi) is 4.82. The summed E-state index contributed by atoms with van der Waals surface area (Å²) >= 11 is 6.27. The molecule has 1 fully saturated rings. The van der Waals surface area contributed by atoms with Crippen LogP contribution in [-0.2, 0) is 4.79 Å². The monoisotopic (exact) mass is 409 g/mol. The second-order valence-corrected chi connectivity index (χ2v) is 7.11. The molecule has 2 amide bonds. The third-order valence-corrected chi connectivity index (χ3v) is 5.14. The number of benzene rings is 1. The summed E-state index contributed by atoms with van der Waals surface area (Å²) in [4.78, 5) is 25.0. The SMILES string of the molecule is Cc1c(C(=O)N2CC(C#N)C2)cn2nccc(Oc3ccc(NC=O)cc3Cl)c12. The van der Waals surface area contributed by atoms with Gasteiger partial charge in [0.15, 0.2) is 5.75 Å². The fourth-order valence-corrected chi connectivity index (χ4v) is 3.50. The topological polar surface area (TPSA) is 99.7 Å². The Hall–Kier alpha value is -3.57. The number of aryl methyl sites for hydroxylation is 1. The Morgan fingerprint density at radius 1 is 1.38 bits per heavy atom. The first-order chi connectivity index (χ1) is 14.0. The van der Waals surface area contributed by atoms with E-state index in [1.165, 1.54) is 0 Å². The van der Waals surface area contributed by atoms with E-state index in [4.69, 9.17) is 21.6 Å². The van der Waals surface area contributed by atoms with Crippen LogP contribution in [0.4, 0.5) is 5.69 Å². The minimum atomic E-state index is -0.132. The average Bonchev–Trinajstić information content (AvgIpc) is 3.01. The molecule has 0 spiro atoms. The summed E-state index contributed by atoms with van der Waals surface area (Å²) in [6.45, 7) is 2.71. The third-order valence-electron chi connectivity index (χ3n) is 4.85. The minimum Gasteiger partial charge on any atom is -0.453 e. The molecule has 1 aliphatic rings. The van der Waals surface area contributed by atoms with Crippen molar-refractivity contribution in [2.24, 2.45) is 5.92 Å². The normalized spacial score (nSPS) is 13.6. The number of ether oxygens (including phenoxy) is 1. The van der Waals surface area contributed by atoms with Crippen molar-refractivity contribution in [2.75, 3.05) is 18.4 Å². The van der Waals surface area contributed by atoms with Gasteiger partial charge in [-0.1, -0.05) is 11.6 Å². The summed E-state index contributed by atoms with van der Waals surface area (Å²) in [6.07, 6.45) is 3.80. The maximum Gasteiger partial charge on any atom is 0.255 e. The molecule has 3 aromatic rings. The van der Waals surface area contributed by atoms with E-state index in [1.54, 1.807) is 46.1 Å². The number of hydrogen-bond donors (Lipinski definition) is 1. The molecule has 1 N–H and O–H groups in total. The summed E-state index contributed by atoms with van der Waals surface area (Å²) < 4.78 is 7.58. The van der Waals surface area contributed by atoms with E-state index in [0.717, 1.165) is 5.56 Å². The number of fused-ring (bicyclic) bond motifs is 1. The van der Waals surface area contributed by atoms with Gasteiger partial charge in [-0.05, 0) is 30.7 Å². The first-order valence-electron chi connectivity index (χ1n) is 8.85. The van der Waals surface area contributed by atoms with Gasteiger partial charge in [0.25, 0.3) is 5.91 Å². The number of rotatable bonds is 5. The van der Waals surface area contributed by atoms with Crippen molar-refractivity contribution in [3.05, 3.63) is 52.8 Å². The lowest BCUT2D eigenvalue weighted by atomic mass is 10.0. The molecule has 0 bridgehead atoms. The maximum atomic E-state index is 12.8. The van der Waals surface area contributed by atoms with Gasteiger partial charge in [0.1, 0.15) is 11.3 Å². The van der Waals surface area contributed by atoms with Gasteiger partial charge in [0, 0.05) is 31.0 Å². The van der Waals surface area contributed by atoms with Gasteiger partial charge in [-0.3, -0.25) is 9.59 Å². The quantitative estimate of drug-likeness (QED) is 0.652. The molecule has 0 unspecified atom stereocenters. The second-order valence-electron chi connectivity index (χ2n) is 6.70. The molecule has 4 rings (SSSR count). The average molecular weight is 410 g/mol. The number of hydrogen-bond acceptors (Lipinski definition) is 5. The van der Waals surface area contributed by atoms with Crippen LogP contribution in [-0.4, -0.2) is 39.9 Å². The number of amides is 2. The third kappa shape index (κ3) is 3.37. The molecule has 2 aromatic heterocycles. The summed E-state index contributed by atoms with van der Waals surface area (Å²) in [5, 5.41) is 16.0. The summed E-state index contributed by atoms with van der Waals surface area (Å²) in [7, 11) is 0. The van der Waals surface area contributed by atoms with Crippen molar-refractivity contribution in [1.29, 1.82) is 5.26 Å². The molecule has 8 nitrogen and oxygen atoms in total. The van der Waals surface area contributed by atoms with Crippen LogP contribution in [0.2, 0.25) is 5.02 Å². The van der Waals surface area contributed by atoms with Gasteiger partial charge in [0.05, 0.1) is 28.8 Å². The number of carbonyl (C=O) groups excluding carboxylic acids is 2. The summed E-state index contributed by atoms with van der Waals surface area (Å²) in [5.74, 6) is 0.664. The lowest BCUT2D eigenvalue weighted by Crippen LogP contribution is -2.49. The van der Waals surface area contributed by atoms with E-state index >= 15 is 0 Å². The predicted octanol–water partition coefficient (Wildman–Crippen LogP) is 3.25. The Labute approximate surface area is 171 Å². The van der Waals surface area contributed by atoms with Crippen molar-refractivity contribution in [1.82, 2.24) is 14.5 Å². The van der Waals surface area contributed by atoms with Gasteiger partial charge in [-0.15, -0.1) is 0 Å². The van der Waals surface area contributed by atoms with Gasteiger partial charge in [-0.2, -0.15) is 10.4 Å². The molecule has 9 heteroatoms. The lowest BCUT2D eigenvalue weighted by Gasteiger charge is -2.35. The Bertz CT molecular complexity index is 1160. The van der Waals surface area contributed by atoms with Gasteiger partial charge < -0.3 is 15.0 Å². The smallest absolute Gasteiger partial charge is 0.255 e. The molecule has 29 heavy (non-hydrogen) atoms. The van der Waals surface area contributed by atoms with Gasteiger partial charge in [0.2, 0.25) is 6.41 Å². The fraction of sp³-hybridized carbons (Fsp3) is 0.200. The molecule has 0 radical (unpaired) electrons. The van der Waals surface area contributed by atoms with Crippen LogP contribution >= 0.6 is 11.6 Å². The van der Waals surface area contributed by atoms with Crippen molar-refractivity contribution < 1.29 is 14.3 Å². The molecule has 1 aliphatic heterocycles. The second kappa shape index (κ2) is 7.45. The highest BCUT2D eigenvalue weighted by Crippen LogP contribution is 2.35. The zero-order valence-electron chi connectivity index (χ0n) is 15.4. The first-order valence-corrected chi connectivity index (χ1v) is 9.23. The van der Waals surface area contributed by atoms with Crippen molar-refractivity contribution in [3.8, 4) is 17.6 Å². The number of likely N-dealkylation sites (tertiary alicyclic amines) is 1. The Morgan fingerprint density at radius 3 is 2.86 bits per heavy atom. The molecule has 1 aromatic carbocycles. The number of anilines is 1. The zero-order chi connectivity index (χ0) is 20.5. The summed E-state index contributed by atoms with van der Waals surface area (Å²) in [5.41, 5.74) is 2.45. The Morgan fingerprint density at radius 2 is 2.17 bits per heavy atom. The van der Waals surface area contributed by atoms with E-state index in [9.17, 15) is 9.59 Å². The highest BCUT2D eigenvalue weighted by Gasteiger charge is 2.33. The molecular weight excluding hydrogens is 394 g/mol. The van der Waals surface area contributed by atoms with Gasteiger partial charge in [-0.25, -0.2) is 4.52 Å². The maximum absolute atomic E-state index is 12.8. The van der Waals surface area contributed by atoms with Crippen molar-refractivity contribution >= 4 is 35.1 Å². The predicted molar refractivity (Wildman–Crippen MR) is 106 cm³/mol. The fourth-order valence-electron chi connectivity index (χ4n) is 3.28. The van der Waals surface area contributed by atoms with Crippen LogP contribution in [0.1, 0.15) is 15.9 Å². The van der Waals surface area contributed by atoms with Crippen LogP contribution in [0.25, 0.3) is 5.52 Å². The van der Waals surface area contributed by atoms with Crippen molar-refractivity contribution in [3.63, 3.8) is 0 Å². The van der Waals surface area contributed by atoms with E-state index in [-0.39, 0.29) is 11.8 Å². The highest BCUT2D eigenvalue weighted by molar-refractivity contribution is 6.32. The first kappa shape index (κ1) is 18.8. The molecule has 0 atom stereocenters. The van der Waals surface area contributed by atoms with E-state index in [1.807, 2.05) is 6.92 Å². The number of carbonyl (C=O) groups is 2. The van der Waals surface area contributed by atoms with Gasteiger partial charge >= 0.3 is 0 Å². The number of nitrogens with one attached hydrogen (secondary N) is 1. The van der Waals surface area contributed by atoms with E-state index in [2.05, 4.69) is 16.5 Å². The van der Waals surface area contributed by atoms with E-state index in [0.29, 0.717) is 52.8 Å². The number of nitriles is 1. The van der Waals surface area contributed by atoms with Crippen LogP contribution in [0.3, 0.4) is 0 Å². The standard InChI is InChI=1S/C20H16ClN5O3/c1-12-15(20(28)25-8-13(7-22)9-25)10-26-19(12)18(4-5-24-26)29-17-3-2-14(23-11-27)6-16(17)21/h2-6,10-11,13H,8-9H2,1H3,(H,23,27). The van der Waals surface area contributed by atoms with Crippen LogP contribution in [0.5, 0.6) is 11.5 Å². The van der Waals surface area contributed by atoms with Crippen molar-refractivity contribution in [2.45, 2.75) is 6.92 Å². The van der Waals surface area contributed by atoms with E-state index < -0.39 is 0 Å². The minimum absolute atomic E-state index is 0.105.